The lowest BCUT2D eigenvalue weighted by atomic mass is 9.85. The summed E-state index contributed by atoms with van der Waals surface area (Å²) in [5.74, 6) is 0.271. The number of fused-ring (bicyclic) bond motifs is 1. The predicted octanol–water partition coefficient (Wildman–Crippen LogP) is 1.39. The van der Waals surface area contributed by atoms with Crippen molar-refractivity contribution in [2.24, 2.45) is 5.92 Å². The highest BCUT2D eigenvalue weighted by molar-refractivity contribution is 5.79. The number of nitrogens with one attached hydrogen (secondary N) is 1. The summed E-state index contributed by atoms with van der Waals surface area (Å²) in [5.41, 5.74) is 3.76. The van der Waals surface area contributed by atoms with Gasteiger partial charge < -0.3 is 10.1 Å². The number of hydrogen-bond acceptors (Lipinski definition) is 3. The zero-order chi connectivity index (χ0) is 14.1. The molecule has 2 aliphatic rings. The van der Waals surface area contributed by atoms with Crippen LogP contribution in [0.5, 0.6) is 0 Å². The van der Waals surface area contributed by atoms with Gasteiger partial charge in [0.1, 0.15) is 0 Å². The fraction of sp³-hybridized carbons (Fsp3) is 0.733. The molecule has 1 aromatic rings. The van der Waals surface area contributed by atoms with Crippen molar-refractivity contribution < 1.29 is 9.53 Å². The van der Waals surface area contributed by atoms with E-state index in [0.717, 1.165) is 51.0 Å². The highest BCUT2D eigenvalue weighted by atomic mass is 16.5. The van der Waals surface area contributed by atoms with Crippen LogP contribution in [0.3, 0.4) is 0 Å². The SMILES string of the molecule is CNC(=O)C1CCc2c(c(C)nn2C2CCOCC2)C1. The van der Waals surface area contributed by atoms with Crippen molar-refractivity contribution in [2.75, 3.05) is 20.3 Å². The van der Waals surface area contributed by atoms with Crippen LogP contribution in [0.25, 0.3) is 0 Å². The maximum Gasteiger partial charge on any atom is 0.223 e. The Labute approximate surface area is 119 Å². The Bertz CT molecular complexity index is 503. The molecule has 5 heteroatoms. The van der Waals surface area contributed by atoms with Crippen molar-refractivity contribution in [3.05, 3.63) is 17.0 Å². The first-order valence-electron chi connectivity index (χ1n) is 7.57. The van der Waals surface area contributed by atoms with Crippen molar-refractivity contribution in [3.63, 3.8) is 0 Å². The van der Waals surface area contributed by atoms with E-state index in [9.17, 15) is 4.79 Å². The topological polar surface area (TPSA) is 56.2 Å². The van der Waals surface area contributed by atoms with E-state index < -0.39 is 0 Å². The summed E-state index contributed by atoms with van der Waals surface area (Å²) in [6, 6.07) is 0.475. The molecular weight excluding hydrogens is 254 g/mol. The minimum atomic E-state index is 0.110. The van der Waals surface area contributed by atoms with Crippen LogP contribution in [0.1, 0.15) is 42.3 Å². The molecule has 0 spiro atoms. The fourth-order valence-electron chi connectivity index (χ4n) is 3.48. The lowest BCUT2D eigenvalue weighted by molar-refractivity contribution is -0.124. The number of nitrogens with zero attached hydrogens (tertiary/aromatic N) is 2. The Kier molecular flexibility index (Phi) is 3.78. The van der Waals surface area contributed by atoms with Crippen LogP contribution in [0.15, 0.2) is 0 Å². The van der Waals surface area contributed by atoms with Gasteiger partial charge in [0.2, 0.25) is 5.91 Å². The molecule has 1 amide bonds. The molecule has 1 N–H and O–H groups in total. The van der Waals surface area contributed by atoms with Crippen LogP contribution >= 0.6 is 0 Å². The van der Waals surface area contributed by atoms with E-state index in [1.807, 2.05) is 0 Å². The molecule has 1 aliphatic carbocycles. The molecule has 1 saturated heterocycles. The average molecular weight is 277 g/mol. The molecule has 20 heavy (non-hydrogen) atoms. The third kappa shape index (κ3) is 2.35. The molecule has 1 fully saturated rings. The van der Waals surface area contributed by atoms with E-state index in [2.05, 4.69) is 16.9 Å². The molecular formula is C15H23N3O2. The Morgan fingerprint density at radius 2 is 2.10 bits per heavy atom. The Morgan fingerprint density at radius 3 is 2.80 bits per heavy atom. The Morgan fingerprint density at radius 1 is 1.35 bits per heavy atom. The molecule has 1 aliphatic heterocycles. The molecule has 3 rings (SSSR count). The normalized spacial score (nSPS) is 23.4. The molecule has 0 aromatic carbocycles. The maximum atomic E-state index is 11.8. The smallest absolute Gasteiger partial charge is 0.223 e. The second kappa shape index (κ2) is 5.56. The highest BCUT2D eigenvalue weighted by Crippen LogP contribution is 2.32. The van der Waals surface area contributed by atoms with Crippen molar-refractivity contribution in [1.82, 2.24) is 15.1 Å². The van der Waals surface area contributed by atoms with E-state index in [1.165, 1.54) is 11.3 Å². The Balaban J connectivity index is 1.85. The molecule has 5 nitrogen and oxygen atoms in total. The number of amides is 1. The maximum absolute atomic E-state index is 11.8. The van der Waals surface area contributed by atoms with E-state index in [-0.39, 0.29) is 11.8 Å². The first-order chi connectivity index (χ1) is 9.70. The van der Waals surface area contributed by atoms with Gasteiger partial charge in [-0.1, -0.05) is 0 Å². The second-order valence-electron chi connectivity index (χ2n) is 5.85. The number of carbonyl (C=O) groups is 1. The molecule has 0 bridgehead atoms. The quantitative estimate of drug-likeness (QED) is 0.889. The van der Waals surface area contributed by atoms with Gasteiger partial charge in [0, 0.05) is 31.9 Å². The molecule has 1 atom stereocenters. The van der Waals surface area contributed by atoms with Crippen molar-refractivity contribution in [3.8, 4) is 0 Å². The van der Waals surface area contributed by atoms with E-state index in [4.69, 9.17) is 9.84 Å². The van der Waals surface area contributed by atoms with Gasteiger partial charge in [-0.25, -0.2) is 0 Å². The summed E-state index contributed by atoms with van der Waals surface area (Å²) >= 11 is 0. The van der Waals surface area contributed by atoms with Crippen LogP contribution in [0.2, 0.25) is 0 Å². The summed E-state index contributed by atoms with van der Waals surface area (Å²) in [5, 5.41) is 7.54. The molecule has 110 valence electrons. The third-order valence-electron chi connectivity index (χ3n) is 4.65. The van der Waals surface area contributed by atoms with E-state index in [1.54, 1.807) is 7.05 Å². The first kappa shape index (κ1) is 13.6. The summed E-state index contributed by atoms with van der Waals surface area (Å²) in [4.78, 5) is 11.8. The van der Waals surface area contributed by atoms with Crippen molar-refractivity contribution in [2.45, 2.75) is 45.1 Å². The van der Waals surface area contributed by atoms with Gasteiger partial charge in [0.05, 0.1) is 11.7 Å². The predicted molar refractivity (Wildman–Crippen MR) is 75.6 cm³/mol. The monoisotopic (exact) mass is 277 g/mol. The first-order valence-corrected chi connectivity index (χ1v) is 7.57. The number of ether oxygens (including phenoxy) is 1. The molecule has 1 unspecified atom stereocenters. The summed E-state index contributed by atoms with van der Waals surface area (Å²) in [6.45, 7) is 3.74. The largest absolute Gasteiger partial charge is 0.381 e. The number of aryl methyl sites for hydroxylation is 1. The highest BCUT2D eigenvalue weighted by Gasteiger charge is 2.30. The van der Waals surface area contributed by atoms with Gasteiger partial charge in [-0.15, -0.1) is 0 Å². The minimum Gasteiger partial charge on any atom is -0.381 e. The lowest BCUT2D eigenvalue weighted by Crippen LogP contribution is -2.32. The Hall–Kier alpha value is -1.36. The molecule has 0 saturated carbocycles. The van der Waals surface area contributed by atoms with Crippen LogP contribution in [-0.4, -0.2) is 35.9 Å². The van der Waals surface area contributed by atoms with Crippen LogP contribution in [0, 0.1) is 12.8 Å². The van der Waals surface area contributed by atoms with E-state index >= 15 is 0 Å². The molecule has 1 aromatic heterocycles. The zero-order valence-corrected chi connectivity index (χ0v) is 12.3. The summed E-state index contributed by atoms with van der Waals surface area (Å²) < 4.78 is 7.67. The van der Waals surface area contributed by atoms with Gasteiger partial charge in [-0.05, 0) is 44.6 Å². The minimum absolute atomic E-state index is 0.110. The van der Waals surface area contributed by atoms with Crippen LogP contribution < -0.4 is 5.32 Å². The zero-order valence-electron chi connectivity index (χ0n) is 12.3. The number of rotatable bonds is 2. The number of carbonyl (C=O) groups excluding carboxylic acids is 1. The third-order valence-corrected chi connectivity index (χ3v) is 4.65. The average Bonchev–Trinajstić information content (AvgIpc) is 2.84. The van der Waals surface area contributed by atoms with Crippen molar-refractivity contribution >= 4 is 5.91 Å². The second-order valence-corrected chi connectivity index (χ2v) is 5.85. The molecule has 2 heterocycles. The summed E-state index contributed by atoms with van der Waals surface area (Å²) in [6.07, 6.45) is 4.83. The van der Waals surface area contributed by atoms with Crippen LogP contribution in [-0.2, 0) is 22.4 Å². The van der Waals surface area contributed by atoms with Gasteiger partial charge in [0.15, 0.2) is 0 Å². The fourth-order valence-corrected chi connectivity index (χ4v) is 3.48. The van der Waals surface area contributed by atoms with Gasteiger partial charge in [-0.3, -0.25) is 9.48 Å². The van der Waals surface area contributed by atoms with E-state index in [0.29, 0.717) is 6.04 Å². The standard InChI is InChI=1S/C15H23N3O2/c1-10-13-9-11(15(19)16-2)3-4-14(13)18(17-10)12-5-7-20-8-6-12/h11-12H,3-9H2,1-2H3,(H,16,19). The lowest BCUT2D eigenvalue weighted by Gasteiger charge is -2.27. The van der Waals surface area contributed by atoms with Gasteiger partial charge >= 0.3 is 0 Å². The number of aromatic nitrogens is 2. The van der Waals surface area contributed by atoms with Gasteiger partial charge in [-0.2, -0.15) is 5.10 Å². The molecule has 0 radical (unpaired) electrons. The van der Waals surface area contributed by atoms with Crippen molar-refractivity contribution in [1.29, 1.82) is 0 Å². The number of hydrogen-bond donors (Lipinski definition) is 1. The van der Waals surface area contributed by atoms with Crippen LogP contribution in [0.4, 0.5) is 0 Å². The summed E-state index contributed by atoms with van der Waals surface area (Å²) in [7, 11) is 1.72. The van der Waals surface area contributed by atoms with Gasteiger partial charge in [0.25, 0.3) is 0 Å².